The molecule has 0 bridgehead atoms. The highest BCUT2D eigenvalue weighted by molar-refractivity contribution is 5.48. The van der Waals surface area contributed by atoms with Gasteiger partial charge in [0.05, 0.1) is 7.11 Å². The van der Waals surface area contributed by atoms with Crippen LogP contribution in [0.1, 0.15) is 16.7 Å². The van der Waals surface area contributed by atoms with Gasteiger partial charge in [-0.3, -0.25) is 0 Å². The Hall–Kier alpha value is -3.02. The molecule has 24 heavy (non-hydrogen) atoms. The third-order valence-corrected chi connectivity index (χ3v) is 3.86. The monoisotopic (exact) mass is 314 g/mol. The smallest absolute Gasteiger partial charge is 0.177 e. The molecule has 0 unspecified atom stereocenters. The van der Waals surface area contributed by atoms with Crippen LogP contribution in [0.2, 0.25) is 0 Å². The van der Waals surface area contributed by atoms with Crippen molar-refractivity contribution in [2.75, 3.05) is 7.11 Å². The highest BCUT2D eigenvalue weighted by atomic mass is 16.5. The third-order valence-electron chi connectivity index (χ3n) is 3.86. The maximum atomic E-state index is 11.3. The fraction of sp³-hybridized carbons (Fsp3) is 0.0909. The Morgan fingerprint density at radius 1 is 0.750 bits per heavy atom. The van der Waals surface area contributed by atoms with E-state index in [1.807, 2.05) is 84.9 Å². The van der Waals surface area contributed by atoms with Crippen LogP contribution >= 0.6 is 0 Å². The fourth-order valence-corrected chi connectivity index (χ4v) is 2.51. The standard InChI is InChI=1S/C22H18O2/c1-24-21-14-12-18(13-15-21)16-17-22(23,19-8-4-2-5-9-19)20-10-6-3-7-11-20/h2-15,23H,1H3. The van der Waals surface area contributed by atoms with Crippen LogP contribution in [0.25, 0.3) is 0 Å². The fourth-order valence-electron chi connectivity index (χ4n) is 2.51. The molecule has 2 heteroatoms. The van der Waals surface area contributed by atoms with E-state index in [4.69, 9.17) is 4.74 Å². The number of hydrogen-bond donors (Lipinski definition) is 1. The van der Waals surface area contributed by atoms with Crippen LogP contribution in [0, 0.1) is 11.8 Å². The lowest BCUT2D eigenvalue weighted by molar-refractivity contribution is 0.145. The molecule has 0 atom stereocenters. The van der Waals surface area contributed by atoms with Crippen LogP contribution in [0.5, 0.6) is 5.75 Å². The highest BCUT2D eigenvalue weighted by Crippen LogP contribution is 2.29. The van der Waals surface area contributed by atoms with Gasteiger partial charge in [-0.25, -0.2) is 0 Å². The van der Waals surface area contributed by atoms with Gasteiger partial charge in [-0.1, -0.05) is 72.5 Å². The van der Waals surface area contributed by atoms with Crippen molar-refractivity contribution in [2.45, 2.75) is 5.60 Å². The van der Waals surface area contributed by atoms with Crippen molar-refractivity contribution < 1.29 is 9.84 Å². The van der Waals surface area contributed by atoms with Crippen LogP contribution in [-0.2, 0) is 5.60 Å². The lowest BCUT2D eigenvalue weighted by Gasteiger charge is -2.23. The minimum Gasteiger partial charge on any atom is -0.497 e. The molecule has 0 aliphatic heterocycles. The predicted octanol–water partition coefficient (Wildman–Crippen LogP) is 3.98. The molecule has 0 heterocycles. The average molecular weight is 314 g/mol. The zero-order chi connectivity index (χ0) is 16.8. The van der Waals surface area contributed by atoms with E-state index in [-0.39, 0.29) is 0 Å². The number of benzene rings is 3. The summed E-state index contributed by atoms with van der Waals surface area (Å²) in [5.41, 5.74) is 0.957. The van der Waals surface area contributed by atoms with Gasteiger partial charge in [0.1, 0.15) is 5.75 Å². The second-order valence-electron chi connectivity index (χ2n) is 5.42. The van der Waals surface area contributed by atoms with E-state index in [1.54, 1.807) is 7.11 Å². The van der Waals surface area contributed by atoms with E-state index in [1.165, 1.54) is 0 Å². The first-order chi connectivity index (χ1) is 11.7. The summed E-state index contributed by atoms with van der Waals surface area (Å²) in [4.78, 5) is 0. The predicted molar refractivity (Wildman–Crippen MR) is 95.8 cm³/mol. The first-order valence-corrected chi connectivity index (χ1v) is 7.73. The number of ether oxygens (including phenoxy) is 1. The summed E-state index contributed by atoms with van der Waals surface area (Å²) < 4.78 is 5.16. The van der Waals surface area contributed by atoms with E-state index in [0.29, 0.717) is 0 Å². The second-order valence-corrected chi connectivity index (χ2v) is 5.42. The van der Waals surface area contributed by atoms with Gasteiger partial charge in [-0.2, -0.15) is 0 Å². The molecule has 3 aromatic rings. The van der Waals surface area contributed by atoms with Gasteiger partial charge in [0.25, 0.3) is 0 Å². The van der Waals surface area contributed by atoms with Crippen LogP contribution in [0.3, 0.4) is 0 Å². The summed E-state index contributed by atoms with van der Waals surface area (Å²) in [6, 6.07) is 26.5. The minimum absolute atomic E-state index is 0.747. The van der Waals surface area contributed by atoms with Gasteiger partial charge in [0.2, 0.25) is 0 Å². The summed E-state index contributed by atoms with van der Waals surface area (Å²) >= 11 is 0. The maximum absolute atomic E-state index is 11.3. The number of methoxy groups -OCH3 is 1. The van der Waals surface area contributed by atoms with Crippen LogP contribution in [0.4, 0.5) is 0 Å². The van der Waals surface area contributed by atoms with Crippen molar-refractivity contribution in [3.8, 4) is 17.6 Å². The Kier molecular flexibility index (Phi) is 4.65. The molecular formula is C22H18O2. The topological polar surface area (TPSA) is 29.5 Å². The summed E-state index contributed by atoms with van der Waals surface area (Å²) in [5, 5.41) is 11.3. The Labute approximate surface area is 142 Å². The number of aliphatic hydroxyl groups is 1. The second kappa shape index (κ2) is 7.04. The summed E-state index contributed by atoms with van der Waals surface area (Å²) in [6.07, 6.45) is 0. The Morgan fingerprint density at radius 3 is 1.71 bits per heavy atom. The SMILES string of the molecule is COc1ccc(C#CC(O)(c2ccccc2)c2ccccc2)cc1. The normalized spacial score (nSPS) is 10.6. The van der Waals surface area contributed by atoms with Gasteiger partial charge >= 0.3 is 0 Å². The van der Waals surface area contributed by atoms with Gasteiger partial charge in [0, 0.05) is 16.7 Å². The van der Waals surface area contributed by atoms with E-state index in [2.05, 4.69) is 11.8 Å². The quantitative estimate of drug-likeness (QED) is 0.741. The summed E-state index contributed by atoms with van der Waals surface area (Å²) in [6.45, 7) is 0. The van der Waals surface area contributed by atoms with Gasteiger partial charge in [0.15, 0.2) is 5.60 Å². The van der Waals surface area contributed by atoms with E-state index < -0.39 is 5.60 Å². The van der Waals surface area contributed by atoms with E-state index >= 15 is 0 Å². The molecule has 118 valence electrons. The molecule has 0 fully saturated rings. The van der Waals surface area contributed by atoms with Gasteiger partial charge < -0.3 is 9.84 Å². The van der Waals surface area contributed by atoms with Crippen molar-refractivity contribution in [2.24, 2.45) is 0 Å². The maximum Gasteiger partial charge on any atom is 0.177 e. The molecule has 0 amide bonds. The molecule has 0 radical (unpaired) electrons. The zero-order valence-electron chi connectivity index (χ0n) is 13.4. The summed E-state index contributed by atoms with van der Waals surface area (Å²) in [7, 11) is 1.63. The molecule has 3 aromatic carbocycles. The first-order valence-electron chi connectivity index (χ1n) is 7.73. The van der Waals surface area contributed by atoms with E-state index in [9.17, 15) is 5.11 Å². The van der Waals surface area contributed by atoms with Gasteiger partial charge in [-0.05, 0) is 24.3 Å². The molecule has 0 spiro atoms. The Morgan fingerprint density at radius 2 is 1.25 bits per heavy atom. The molecule has 0 saturated heterocycles. The lowest BCUT2D eigenvalue weighted by Crippen LogP contribution is -2.25. The molecule has 3 rings (SSSR count). The first kappa shape index (κ1) is 15.9. The van der Waals surface area contributed by atoms with Crippen molar-refractivity contribution in [3.05, 3.63) is 102 Å². The van der Waals surface area contributed by atoms with Crippen LogP contribution in [0.15, 0.2) is 84.9 Å². The minimum atomic E-state index is -1.36. The molecule has 0 aliphatic carbocycles. The van der Waals surface area contributed by atoms with E-state index in [0.717, 1.165) is 22.4 Å². The number of rotatable bonds is 3. The van der Waals surface area contributed by atoms with Crippen molar-refractivity contribution in [1.29, 1.82) is 0 Å². The van der Waals surface area contributed by atoms with Crippen LogP contribution < -0.4 is 4.74 Å². The molecule has 2 nitrogen and oxygen atoms in total. The van der Waals surface area contributed by atoms with Gasteiger partial charge in [-0.15, -0.1) is 0 Å². The molecule has 1 N–H and O–H groups in total. The average Bonchev–Trinajstić information content (AvgIpc) is 2.68. The zero-order valence-corrected chi connectivity index (χ0v) is 13.4. The van der Waals surface area contributed by atoms with Crippen molar-refractivity contribution in [3.63, 3.8) is 0 Å². The highest BCUT2D eigenvalue weighted by Gasteiger charge is 2.28. The lowest BCUT2D eigenvalue weighted by atomic mass is 9.86. The number of hydrogen-bond acceptors (Lipinski definition) is 2. The Bertz CT molecular complexity index is 802. The largest absolute Gasteiger partial charge is 0.497 e. The molecular weight excluding hydrogens is 296 g/mol. The molecule has 0 aliphatic rings. The van der Waals surface area contributed by atoms with Crippen molar-refractivity contribution in [1.82, 2.24) is 0 Å². The van der Waals surface area contributed by atoms with Crippen molar-refractivity contribution >= 4 is 0 Å². The molecule has 0 aromatic heterocycles. The molecule has 0 saturated carbocycles. The van der Waals surface area contributed by atoms with Crippen LogP contribution in [-0.4, -0.2) is 12.2 Å². The summed E-state index contributed by atoms with van der Waals surface area (Å²) in [5.74, 6) is 6.90. The Balaban J connectivity index is 2.05. The third kappa shape index (κ3) is 3.32.